The van der Waals surface area contributed by atoms with Gasteiger partial charge in [0.05, 0.1) is 16.9 Å². The lowest BCUT2D eigenvalue weighted by Crippen LogP contribution is -2.31. The van der Waals surface area contributed by atoms with Gasteiger partial charge in [0, 0.05) is 30.4 Å². The average Bonchev–Trinajstić information content (AvgIpc) is 3.15. The van der Waals surface area contributed by atoms with Crippen molar-refractivity contribution in [3.05, 3.63) is 29.8 Å². The number of nitrogens with one attached hydrogen (secondary N) is 2. The first kappa shape index (κ1) is 18.2. The molecule has 3 rings (SSSR count). The number of aromatic nitrogens is 4. The Hall–Kier alpha value is -2.64. The van der Waals surface area contributed by atoms with Crippen LogP contribution in [0.25, 0.3) is 0 Å². The molecular formula is C18H26N6O2. The molecule has 0 radical (unpaired) electrons. The summed E-state index contributed by atoms with van der Waals surface area (Å²) in [5.41, 5.74) is 1.61. The van der Waals surface area contributed by atoms with Crippen molar-refractivity contribution in [3.63, 3.8) is 0 Å². The van der Waals surface area contributed by atoms with Gasteiger partial charge in [-0.1, -0.05) is 0 Å². The molecule has 1 amide bonds. The van der Waals surface area contributed by atoms with E-state index in [1.54, 1.807) is 12.4 Å². The Morgan fingerprint density at radius 3 is 2.65 bits per heavy atom. The number of nitrogens with zero attached hydrogens (tertiary/aromatic N) is 4. The van der Waals surface area contributed by atoms with Gasteiger partial charge < -0.3 is 15.7 Å². The summed E-state index contributed by atoms with van der Waals surface area (Å²) in [7, 11) is 0. The lowest BCUT2D eigenvalue weighted by molar-refractivity contribution is 0.190. The topological polar surface area (TPSA) is 105 Å². The Balaban J connectivity index is 1.86. The molecule has 1 saturated carbocycles. The van der Waals surface area contributed by atoms with E-state index >= 15 is 0 Å². The van der Waals surface area contributed by atoms with Crippen LogP contribution in [0.4, 0.5) is 16.4 Å². The molecule has 1 fully saturated rings. The summed E-state index contributed by atoms with van der Waals surface area (Å²) < 4.78 is 1.97. The van der Waals surface area contributed by atoms with E-state index in [0.717, 1.165) is 36.5 Å². The molecule has 2 unspecified atom stereocenters. The Labute approximate surface area is 153 Å². The van der Waals surface area contributed by atoms with Crippen LogP contribution >= 0.6 is 0 Å². The van der Waals surface area contributed by atoms with Crippen molar-refractivity contribution in [1.29, 1.82) is 0 Å². The van der Waals surface area contributed by atoms with E-state index in [1.165, 1.54) is 0 Å². The SMILES string of the molecule is Cc1nccnc1Nc1cc(C2CCC(NC(=O)O)C2)nn1C(C)(C)C. The maximum absolute atomic E-state index is 10.9. The molecule has 2 aromatic rings. The van der Waals surface area contributed by atoms with E-state index in [4.69, 9.17) is 10.2 Å². The number of amides is 1. The standard InChI is InChI=1S/C18H26N6O2/c1-11-16(20-8-7-19-11)22-15-10-14(23-24(15)18(2,3)4)12-5-6-13(9-12)21-17(25)26/h7-8,10,12-13,21H,5-6,9H2,1-4H3,(H,20,22)(H,25,26). The van der Waals surface area contributed by atoms with Crippen molar-refractivity contribution in [3.8, 4) is 0 Å². The maximum Gasteiger partial charge on any atom is 0.404 e. The summed E-state index contributed by atoms with van der Waals surface area (Å²) in [5, 5.41) is 19.7. The Morgan fingerprint density at radius 2 is 2.00 bits per heavy atom. The number of hydrogen-bond acceptors (Lipinski definition) is 5. The molecule has 2 heterocycles. The zero-order valence-corrected chi connectivity index (χ0v) is 15.7. The van der Waals surface area contributed by atoms with Crippen molar-refractivity contribution in [2.45, 2.75) is 64.5 Å². The number of hydrogen-bond donors (Lipinski definition) is 3. The second-order valence-corrected chi connectivity index (χ2v) is 7.81. The monoisotopic (exact) mass is 358 g/mol. The van der Waals surface area contributed by atoms with Gasteiger partial charge in [0.15, 0.2) is 5.82 Å². The zero-order valence-electron chi connectivity index (χ0n) is 15.7. The molecule has 0 aromatic carbocycles. The van der Waals surface area contributed by atoms with Gasteiger partial charge in [-0.25, -0.2) is 14.5 Å². The first-order valence-electron chi connectivity index (χ1n) is 8.88. The summed E-state index contributed by atoms with van der Waals surface area (Å²) in [5.74, 6) is 1.82. The van der Waals surface area contributed by atoms with E-state index in [2.05, 4.69) is 41.4 Å². The number of anilines is 2. The van der Waals surface area contributed by atoms with Crippen LogP contribution in [0.2, 0.25) is 0 Å². The highest BCUT2D eigenvalue weighted by molar-refractivity contribution is 5.65. The molecule has 2 aromatic heterocycles. The summed E-state index contributed by atoms with van der Waals surface area (Å²) in [4.78, 5) is 19.5. The first-order chi connectivity index (χ1) is 12.2. The quantitative estimate of drug-likeness (QED) is 0.774. The predicted molar refractivity (Wildman–Crippen MR) is 98.8 cm³/mol. The highest BCUT2D eigenvalue weighted by Crippen LogP contribution is 2.36. The molecule has 0 aliphatic heterocycles. The summed E-state index contributed by atoms with van der Waals surface area (Å²) in [6, 6.07) is 2.05. The van der Waals surface area contributed by atoms with Crippen LogP contribution in [0.15, 0.2) is 18.5 Å². The van der Waals surface area contributed by atoms with E-state index in [0.29, 0.717) is 5.82 Å². The van der Waals surface area contributed by atoms with Crippen LogP contribution < -0.4 is 10.6 Å². The molecule has 1 aliphatic carbocycles. The number of carboxylic acid groups (broad SMARTS) is 1. The second-order valence-electron chi connectivity index (χ2n) is 7.81. The van der Waals surface area contributed by atoms with Gasteiger partial charge in [-0.2, -0.15) is 5.10 Å². The molecule has 3 N–H and O–H groups in total. The minimum atomic E-state index is -0.962. The van der Waals surface area contributed by atoms with Crippen molar-refractivity contribution in [2.75, 3.05) is 5.32 Å². The Bertz CT molecular complexity index is 795. The van der Waals surface area contributed by atoms with Crippen molar-refractivity contribution >= 4 is 17.7 Å². The van der Waals surface area contributed by atoms with E-state index in [9.17, 15) is 4.79 Å². The van der Waals surface area contributed by atoms with Crippen LogP contribution in [0.1, 0.15) is 57.3 Å². The van der Waals surface area contributed by atoms with E-state index in [1.807, 2.05) is 17.7 Å². The zero-order chi connectivity index (χ0) is 18.9. The smallest absolute Gasteiger partial charge is 0.404 e. The molecule has 8 heteroatoms. The third-order valence-electron chi connectivity index (χ3n) is 4.67. The van der Waals surface area contributed by atoms with Crippen LogP contribution in [0.5, 0.6) is 0 Å². The molecule has 0 spiro atoms. The third kappa shape index (κ3) is 3.95. The molecule has 140 valence electrons. The van der Waals surface area contributed by atoms with Crippen molar-refractivity contribution < 1.29 is 9.90 Å². The van der Waals surface area contributed by atoms with Gasteiger partial charge in [-0.3, -0.25) is 4.98 Å². The van der Waals surface area contributed by atoms with Crippen LogP contribution in [0, 0.1) is 6.92 Å². The number of aryl methyl sites for hydroxylation is 1. The Kier molecular flexibility index (Phi) is 4.84. The minimum absolute atomic E-state index is 0.00377. The number of carbonyl (C=O) groups is 1. The van der Waals surface area contributed by atoms with Gasteiger partial charge in [0.2, 0.25) is 0 Å². The van der Waals surface area contributed by atoms with Crippen molar-refractivity contribution in [1.82, 2.24) is 25.1 Å². The predicted octanol–water partition coefficient (Wildman–Crippen LogP) is 3.38. The van der Waals surface area contributed by atoms with Crippen LogP contribution in [-0.2, 0) is 5.54 Å². The maximum atomic E-state index is 10.9. The Morgan fingerprint density at radius 1 is 1.27 bits per heavy atom. The highest BCUT2D eigenvalue weighted by atomic mass is 16.4. The molecule has 2 atom stereocenters. The lowest BCUT2D eigenvalue weighted by atomic mass is 10.0. The first-order valence-corrected chi connectivity index (χ1v) is 8.88. The molecule has 8 nitrogen and oxygen atoms in total. The minimum Gasteiger partial charge on any atom is -0.465 e. The normalized spacial score (nSPS) is 20.2. The van der Waals surface area contributed by atoms with E-state index in [-0.39, 0.29) is 17.5 Å². The third-order valence-corrected chi connectivity index (χ3v) is 4.67. The average molecular weight is 358 g/mol. The summed E-state index contributed by atoms with van der Waals surface area (Å²) in [6.07, 6.45) is 4.91. The fraction of sp³-hybridized carbons (Fsp3) is 0.556. The highest BCUT2D eigenvalue weighted by Gasteiger charge is 2.30. The molecule has 0 bridgehead atoms. The molecule has 26 heavy (non-hydrogen) atoms. The molecular weight excluding hydrogens is 332 g/mol. The van der Waals surface area contributed by atoms with Gasteiger partial charge in [-0.15, -0.1) is 0 Å². The number of rotatable bonds is 4. The second kappa shape index (κ2) is 6.93. The summed E-state index contributed by atoms with van der Waals surface area (Å²) >= 11 is 0. The van der Waals surface area contributed by atoms with Gasteiger partial charge in [0.25, 0.3) is 0 Å². The summed E-state index contributed by atoms with van der Waals surface area (Å²) in [6.45, 7) is 8.21. The van der Waals surface area contributed by atoms with E-state index < -0.39 is 6.09 Å². The lowest BCUT2D eigenvalue weighted by Gasteiger charge is -2.23. The van der Waals surface area contributed by atoms with Gasteiger partial charge in [-0.05, 0) is 47.0 Å². The van der Waals surface area contributed by atoms with Gasteiger partial charge >= 0.3 is 6.09 Å². The fourth-order valence-corrected chi connectivity index (χ4v) is 3.41. The fourth-order valence-electron chi connectivity index (χ4n) is 3.41. The molecule has 1 aliphatic rings. The largest absolute Gasteiger partial charge is 0.465 e. The van der Waals surface area contributed by atoms with Crippen LogP contribution in [0.3, 0.4) is 0 Å². The van der Waals surface area contributed by atoms with Crippen LogP contribution in [-0.4, -0.2) is 37.0 Å². The molecule has 0 saturated heterocycles. The van der Waals surface area contributed by atoms with Gasteiger partial charge in [0.1, 0.15) is 5.82 Å². The van der Waals surface area contributed by atoms with Crippen molar-refractivity contribution in [2.24, 2.45) is 0 Å².